The van der Waals surface area contributed by atoms with Gasteiger partial charge in [0.1, 0.15) is 6.04 Å². The molecule has 0 fully saturated rings. The van der Waals surface area contributed by atoms with Crippen LogP contribution in [0.25, 0.3) is 0 Å². The molecule has 3 aromatic carbocycles. The topological polar surface area (TPSA) is 86.8 Å². The van der Waals surface area contributed by atoms with Gasteiger partial charge in [0.05, 0.1) is 11.9 Å². The van der Waals surface area contributed by atoms with E-state index in [1.165, 1.54) is 11.0 Å². The van der Waals surface area contributed by atoms with E-state index < -0.39 is 27.7 Å². The molecular weight excluding hydrogens is 584 g/mol. The zero-order chi connectivity index (χ0) is 30.9. The molecule has 0 saturated carbocycles. The third-order valence-electron chi connectivity index (χ3n) is 6.54. The molecule has 0 aliphatic heterocycles. The van der Waals surface area contributed by atoms with Crippen LogP contribution in [0.4, 0.5) is 14.5 Å². The Hall–Kier alpha value is -3.50. The number of hydrogen-bond acceptors (Lipinski definition) is 4. The lowest BCUT2D eigenvalue weighted by Gasteiger charge is -2.32. The third kappa shape index (κ3) is 9.80. The van der Waals surface area contributed by atoms with Gasteiger partial charge in [0.15, 0.2) is 11.6 Å². The van der Waals surface area contributed by atoms with Gasteiger partial charge >= 0.3 is 0 Å². The second kappa shape index (κ2) is 15.1. The Morgan fingerprint density at radius 1 is 0.929 bits per heavy atom. The minimum absolute atomic E-state index is 0.0466. The predicted molar refractivity (Wildman–Crippen MR) is 162 cm³/mol. The molecule has 7 nitrogen and oxygen atoms in total. The van der Waals surface area contributed by atoms with Crippen molar-refractivity contribution < 1.29 is 26.8 Å². The second-order valence-electron chi connectivity index (χ2n) is 10.5. The molecule has 226 valence electrons. The van der Waals surface area contributed by atoms with E-state index in [1.807, 2.05) is 50.2 Å². The molecule has 3 rings (SSSR count). The van der Waals surface area contributed by atoms with Crippen LogP contribution < -0.4 is 9.62 Å². The van der Waals surface area contributed by atoms with Gasteiger partial charge in [-0.1, -0.05) is 67.9 Å². The summed E-state index contributed by atoms with van der Waals surface area (Å²) in [5.74, 6) is -2.75. The van der Waals surface area contributed by atoms with E-state index in [9.17, 15) is 26.8 Å². The smallest absolute Gasteiger partial charge is 0.243 e. The number of nitrogens with zero attached hydrogens (tertiary/aromatic N) is 2. The van der Waals surface area contributed by atoms with Crippen molar-refractivity contribution in [3.05, 3.63) is 101 Å². The van der Waals surface area contributed by atoms with Gasteiger partial charge in [-0.15, -0.1) is 0 Å². The number of carbonyl (C=O) groups excluding carboxylic acids is 2. The fourth-order valence-electron chi connectivity index (χ4n) is 4.45. The maximum Gasteiger partial charge on any atom is 0.243 e. The number of amides is 2. The highest BCUT2D eigenvalue weighted by molar-refractivity contribution is 7.92. The van der Waals surface area contributed by atoms with Gasteiger partial charge in [0.25, 0.3) is 0 Å². The zero-order valence-electron chi connectivity index (χ0n) is 23.9. The van der Waals surface area contributed by atoms with Crippen molar-refractivity contribution in [1.29, 1.82) is 0 Å². The summed E-state index contributed by atoms with van der Waals surface area (Å²) in [6.07, 6.45) is 1.19. The van der Waals surface area contributed by atoms with Gasteiger partial charge in [-0.3, -0.25) is 13.9 Å². The third-order valence-corrected chi connectivity index (χ3v) is 7.97. The second-order valence-corrected chi connectivity index (χ2v) is 12.9. The van der Waals surface area contributed by atoms with E-state index in [-0.39, 0.29) is 55.8 Å². The van der Waals surface area contributed by atoms with Crippen LogP contribution in [-0.2, 0) is 32.6 Å². The van der Waals surface area contributed by atoms with Gasteiger partial charge in [0, 0.05) is 43.6 Å². The van der Waals surface area contributed by atoms with Crippen LogP contribution in [0.3, 0.4) is 0 Å². The molecule has 0 bridgehead atoms. The van der Waals surface area contributed by atoms with E-state index in [4.69, 9.17) is 11.6 Å². The zero-order valence-corrected chi connectivity index (χ0v) is 25.5. The summed E-state index contributed by atoms with van der Waals surface area (Å²) in [4.78, 5) is 28.8. The monoisotopic (exact) mass is 619 g/mol. The fraction of sp³-hybridized carbons (Fsp3) is 0.355. The van der Waals surface area contributed by atoms with Crippen molar-refractivity contribution in [2.75, 3.05) is 23.7 Å². The first-order valence-electron chi connectivity index (χ1n) is 13.6. The first-order valence-corrected chi connectivity index (χ1v) is 15.9. The number of sulfonamides is 1. The van der Waals surface area contributed by atoms with Gasteiger partial charge in [-0.2, -0.15) is 0 Å². The Balaban J connectivity index is 1.89. The van der Waals surface area contributed by atoms with Gasteiger partial charge in [0.2, 0.25) is 21.8 Å². The molecule has 1 atom stereocenters. The molecule has 11 heteroatoms. The van der Waals surface area contributed by atoms with Gasteiger partial charge < -0.3 is 10.2 Å². The summed E-state index contributed by atoms with van der Waals surface area (Å²) in [6.45, 7) is 4.33. The SMILES string of the molecule is CC(C)CNC(=O)[C@H](Cc1ccccc1)N(Cc1cccc(Cl)c1)C(=O)CCCN(c1ccc(F)c(F)c1)S(C)(=O)=O. The summed E-state index contributed by atoms with van der Waals surface area (Å²) in [5, 5.41) is 3.43. The average molecular weight is 620 g/mol. The molecule has 0 aliphatic rings. The first kappa shape index (κ1) is 33.0. The fourth-order valence-corrected chi connectivity index (χ4v) is 5.62. The largest absolute Gasteiger partial charge is 0.354 e. The first-order chi connectivity index (χ1) is 19.8. The summed E-state index contributed by atoms with van der Waals surface area (Å²) in [6, 6.07) is 18.3. The number of anilines is 1. The van der Waals surface area contributed by atoms with Crippen molar-refractivity contribution in [3.63, 3.8) is 0 Å². The van der Waals surface area contributed by atoms with Gasteiger partial charge in [-0.25, -0.2) is 17.2 Å². The molecule has 0 saturated heterocycles. The minimum Gasteiger partial charge on any atom is -0.354 e. The molecule has 0 spiro atoms. The van der Waals surface area contributed by atoms with Crippen molar-refractivity contribution >= 4 is 39.1 Å². The van der Waals surface area contributed by atoms with E-state index in [1.54, 1.807) is 18.2 Å². The Morgan fingerprint density at radius 2 is 1.62 bits per heavy atom. The number of halogens is 3. The lowest BCUT2D eigenvalue weighted by Crippen LogP contribution is -2.51. The maximum absolute atomic E-state index is 13.9. The summed E-state index contributed by atoms with van der Waals surface area (Å²) in [7, 11) is -3.86. The molecule has 0 aliphatic carbocycles. The summed E-state index contributed by atoms with van der Waals surface area (Å²) >= 11 is 6.21. The summed E-state index contributed by atoms with van der Waals surface area (Å²) < 4.78 is 53.2. The van der Waals surface area contributed by atoms with E-state index in [2.05, 4.69) is 5.32 Å². The van der Waals surface area contributed by atoms with Crippen LogP contribution in [0.1, 0.15) is 37.8 Å². The lowest BCUT2D eigenvalue weighted by atomic mass is 10.0. The quantitative estimate of drug-likeness (QED) is 0.255. The number of carbonyl (C=O) groups is 2. The normalized spacial score (nSPS) is 12.2. The molecular formula is C31H36ClF2N3O4S. The van der Waals surface area contributed by atoms with Crippen molar-refractivity contribution in [3.8, 4) is 0 Å². The van der Waals surface area contributed by atoms with Crippen molar-refractivity contribution in [2.24, 2.45) is 5.92 Å². The number of nitrogens with one attached hydrogen (secondary N) is 1. The highest BCUT2D eigenvalue weighted by Crippen LogP contribution is 2.23. The van der Waals surface area contributed by atoms with Crippen LogP contribution in [0.15, 0.2) is 72.8 Å². The maximum atomic E-state index is 13.9. The number of benzene rings is 3. The minimum atomic E-state index is -3.86. The predicted octanol–water partition coefficient (Wildman–Crippen LogP) is 5.58. The van der Waals surface area contributed by atoms with Gasteiger partial charge in [-0.05, 0) is 47.7 Å². The van der Waals surface area contributed by atoms with Crippen LogP contribution in [0.2, 0.25) is 5.02 Å². The Morgan fingerprint density at radius 3 is 2.24 bits per heavy atom. The van der Waals surface area contributed by atoms with E-state index in [0.29, 0.717) is 11.6 Å². The molecule has 0 heterocycles. The van der Waals surface area contributed by atoms with Crippen LogP contribution >= 0.6 is 11.6 Å². The molecule has 1 N–H and O–H groups in total. The Bertz CT molecular complexity index is 1470. The highest BCUT2D eigenvalue weighted by Gasteiger charge is 2.30. The van der Waals surface area contributed by atoms with Crippen LogP contribution in [0, 0.1) is 17.6 Å². The molecule has 3 aromatic rings. The average Bonchev–Trinajstić information content (AvgIpc) is 2.93. The van der Waals surface area contributed by atoms with Crippen LogP contribution in [0.5, 0.6) is 0 Å². The van der Waals surface area contributed by atoms with Crippen LogP contribution in [-0.4, -0.2) is 50.5 Å². The standard InChI is InChI=1S/C31H36ClF2N3O4S/c1-22(2)20-35-31(39)29(18-23-9-5-4-6-10-23)36(21-24-11-7-12-25(32)17-24)30(38)13-8-16-37(42(3,40)41)26-14-15-27(33)28(34)19-26/h4-7,9-12,14-15,17,19,22,29H,8,13,16,18,20-21H2,1-3H3,(H,35,39)/t29-/m0/s1. The molecule has 2 amide bonds. The van der Waals surface area contributed by atoms with Crippen molar-refractivity contribution in [2.45, 2.75) is 45.7 Å². The molecule has 0 aromatic heterocycles. The van der Waals surface area contributed by atoms with E-state index in [0.717, 1.165) is 33.8 Å². The molecule has 0 radical (unpaired) electrons. The summed E-state index contributed by atoms with van der Waals surface area (Å²) in [5.41, 5.74) is 1.55. The Kier molecular flexibility index (Phi) is 11.9. The molecule has 0 unspecified atom stereocenters. The molecule has 42 heavy (non-hydrogen) atoms. The van der Waals surface area contributed by atoms with E-state index >= 15 is 0 Å². The lowest BCUT2D eigenvalue weighted by molar-refractivity contribution is -0.141. The Labute approximate surface area is 251 Å². The number of hydrogen-bond donors (Lipinski definition) is 1. The highest BCUT2D eigenvalue weighted by atomic mass is 35.5. The number of rotatable bonds is 14. The van der Waals surface area contributed by atoms with Crippen molar-refractivity contribution in [1.82, 2.24) is 10.2 Å².